The molecule has 1 aromatic carbocycles. The van der Waals surface area contributed by atoms with Gasteiger partial charge in [-0.25, -0.2) is 0 Å². The fourth-order valence-electron chi connectivity index (χ4n) is 4.09. The van der Waals surface area contributed by atoms with Crippen molar-refractivity contribution in [2.45, 2.75) is 72.3 Å². The molecule has 0 aliphatic heterocycles. The number of ether oxygens (including phenoxy) is 1. The van der Waals surface area contributed by atoms with E-state index < -0.39 is 14.6 Å². The summed E-state index contributed by atoms with van der Waals surface area (Å²) in [4.78, 5) is 0. The van der Waals surface area contributed by atoms with E-state index in [4.69, 9.17) is 14.9 Å². The van der Waals surface area contributed by atoms with Crippen LogP contribution in [0.2, 0.25) is 0 Å². The van der Waals surface area contributed by atoms with Crippen LogP contribution in [0.5, 0.6) is 0 Å². The lowest BCUT2D eigenvalue weighted by Crippen LogP contribution is -2.22. The van der Waals surface area contributed by atoms with E-state index in [0.717, 1.165) is 51.4 Å². The van der Waals surface area contributed by atoms with E-state index in [1.807, 2.05) is 37.0 Å². The molecular formula is C28H56N2O5P2. The Bertz CT molecular complexity index is 741. The van der Waals surface area contributed by atoms with Gasteiger partial charge in [0.05, 0.1) is 26.4 Å². The lowest BCUT2D eigenvalue weighted by atomic mass is 10.2. The smallest absolute Gasteiger partial charge is 0.154 e. The van der Waals surface area contributed by atoms with E-state index in [1.165, 1.54) is 18.4 Å². The summed E-state index contributed by atoms with van der Waals surface area (Å²) in [6, 6.07) is 10.2. The number of nitrogens with zero attached hydrogens (tertiary/aromatic N) is 2. The molecule has 218 valence electrons. The molecule has 0 bridgehead atoms. The minimum absolute atomic E-state index is 0.0740. The van der Waals surface area contributed by atoms with Crippen LogP contribution in [0.15, 0.2) is 30.3 Å². The van der Waals surface area contributed by atoms with Crippen LogP contribution < -0.4 is 0 Å². The van der Waals surface area contributed by atoms with E-state index in [-0.39, 0.29) is 25.5 Å². The summed E-state index contributed by atoms with van der Waals surface area (Å²) in [5.74, 6) is 0. The zero-order valence-electron chi connectivity index (χ0n) is 24.3. The Morgan fingerprint density at radius 3 is 1.62 bits per heavy atom. The van der Waals surface area contributed by atoms with Crippen molar-refractivity contribution in [2.24, 2.45) is 0 Å². The van der Waals surface area contributed by atoms with E-state index >= 15 is 0 Å². The fraction of sp³-hybridized carbons (Fsp3) is 0.786. The van der Waals surface area contributed by atoms with Crippen LogP contribution in [0, 0.1) is 0 Å². The maximum atomic E-state index is 13.2. The second kappa shape index (κ2) is 22.3. The summed E-state index contributed by atoms with van der Waals surface area (Å²) in [6.45, 7) is 9.18. The summed E-state index contributed by atoms with van der Waals surface area (Å²) in [7, 11) is -0.942. The number of benzene rings is 1. The predicted octanol–water partition coefficient (Wildman–Crippen LogP) is 6.38. The molecule has 7 nitrogen and oxygen atoms in total. The molecule has 0 saturated carbocycles. The quantitative estimate of drug-likeness (QED) is 0.133. The normalized spacial score (nSPS) is 13.4. The molecule has 1 atom stereocenters. The Hall–Kier alpha value is -0.520. The molecule has 37 heavy (non-hydrogen) atoms. The third-order valence-electron chi connectivity index (χ3n) is 6.58. The zero-order chi connectivity index (χ0) is 28.0. The highest BCUT2D eigenvalue weighted by Crippen LogP contribution is 2.49. The van der Waals surface area contributed by atoms with Crippen LogP contribution in [0.1, 0.15) is 71.3 Å². The molecule has 9 heteroatoms. The first-order valence-corrected chi connectivity index (χ1v) is 18.2. The lowest BCUT2D eigenvalue weighted by Gasteiger charge is -2.28. The van der Waals surface area contributed by atoms with Gasteiger partial charge in [0.25, 0.3) is 0 Å². The van der Waals surface area contributed by atoms with E-state index in [9.17, 15) is 9.13 Å². The van der Waals surface area contributed by atoms with Gasteiger partial charge < -0.3 is 24.1 Å². The topological polar surface area (TPSA) is 90.3 Å². The van der Waals surface area contributed by atoms with Gasteiger partial charge in [0.2, 0.25) is 0 Å². The first-order valence-electron chi connectivity index (χ1n) is 14.2. The highest BCUT2D eigenvalue weighted by Gasteiger charge is 2.26. The molecule has 0 aliphatic rings. The van der Waals surface area contributed by atoms with Crippen molar-refractivity contribution in [1.82, 2.24) is 9.34 Å². The van der Waals surface area contributed by atoms with Crippen LogP contribution in [0.3, 0.4) is 0 Å². The second-order valence-corrected chi connectivity index (χ2v) is 16.3. The molecule has 0 spiro atoms. The van der Waals surface area contributed by atoms with E-state index in [1.54, 1.807) is 0 Å². The number of rotatable bonds is 21. The van der Waals surface area contributed by atoms with Crippen molar-refractivity contribution >= 4 is 14.6 Å². The number of hydrogen-bond acceptors (Lipinski definition) is 5. The average molecular weight is 563 g/mol. The van der Waals surface area contributed by atoms with Crippen molar-refractivity contribution in [1.29, 1.82) is 0 Å². The van der Waals surface area contributed by atoms with Gasteiger partial charge in [0.15, 0.2) is 14.6 Å². The molecule has 1 rings (SSSR count). The summed E-state index contributed by atoms with van der Waals surface area (Å²) >= 11 is 0. The monoisotopic (exact) mass is 562 g/mol. The largest absolute Gasteiger partial charge is 0.396 e. The summed E-state index contributed by atoms with van der Waals surface area (Å²) in [6.07, 6.45) is 9.83. The number of aliphatic hydroxyl groups excluding tert-OH is 2. The summed E-state index contributed by atoms with van der Waals surface area (Å²) in [5.41, 5.74) is 1.17. The first-order chi connectivity index (χ1) is 17.7. The Balaban J connectivity index is 0.000000757. The van der Waals surface area contributed by atoms with Gasteiger partial charge in [-0.15, -0.1) is 0 Å². The number of hydrogen-bond donors (Lipinski definition) is 2. The molecular weight excluding hydrogens is 506 g/mol. The van der Waals surface area contributed by atoms with Gasteiger partial charge in [-0.1, -0.05) is 76.8 Å². The number of aliphatic hydroxyl groups is 2. The van der Waals surface area contributed by atoms with Crippen molar-refractivity contribution in [3.63, 3.8) is 0 Å². The molecule has 0 aromatic heterocycles. The molecule has 2 N–H and O–H groups in total. The molecule has 0 radical (unpaired) electrons. The van der Waals surface area contributed by atoms with E-state index in [0.29, 0.717) is 19.4 Å². The second-order valence-electron chi connectivity index (χ2n) is 9.75. The SMILES string of the molecule is CCCCCN(C)P(=O)(CCC)CCOCc1ccccc1.CCCCCN(C)P(=O)(CCO)CCO. The molecule has 1 aromatic rings. The van der Waals surface area contributed by atoms with Crippen LogP contribution in [0.25, 0.3) is 0 Å². The standard InChI is InChI=1S/C18H32NO2P.C10H24NO3P/c1-4-6-10-13-19(3)22(20,15-5-2)16-14-21-17-18-11-8-7-9-12-18;1-3-4-5-6-11(2)15(14,9-7-12)10-8-13/h7-9,11-12H,4-6,10,13-17H2,1-3H3;12-13H,3-10H2,1-2H3. The van der Waals surface area contributed by atoms with Crippen LogP contribution in [-0.2, 0) is 20.5 Å². The van der Waals surface area contributed by atoms with Gasteiger partial charge in [0, 0.05) is 37.7 Å². The van der Waals surface area contributed by atoms with E-state index in [2.05, 4.69) is 37.6 Å². The predicted molar refractivity (Wildman–Crippen MR) is 160 cm³/mol. The van der Waals surface area contributed by atoms with Gasteiger partial charge in [0.1, 0.15) is 0 Å². The molecule has 0 saturated heterocycles. The third kappa shape index (κ3) is 16.2. The highest BCUT2D eigenvalue weighted by atomic mass is 31.2. The minimum atomic E-state index is -2.52. The Morgan fingerprint density at radius 2 is 1.19 bits per heavy atom. The fourth-order valence-corrected chi connectivity index (χ4v) is 8.65. The zero-order valence-corrected chi connectivity index (χ0v) is 26.1. The highest BCUT2D eigenvalue weighted by molar-refractivity contribution is 7.61. The molecule has 0 fully saturated rings. The Labute approximate surface area is 227 Å². The van der Waals surface area contributed by atoms with Crippen molar-refractivity contribution in [3.8, 4) is 0 Å². The first kappa shape index (κ1) is 36.5. The molecule has 1 unspecified atom stereocenters. The van der Waals surface area contributed by atoms with Crippen molar-refractivity contribution < 1.29 is 24.1 Å². The van der Waals surface area contributed by atoms with Crippen molar-refractivity contribution in [2.75, 3.05) is 71.7 Å². The van der Waals surface area contributed by atoms with Crippen LogP contribution in [0.4, 0.5) is 0 Å². The molecule has 0 heterocycles. The lowest BCUT2D eigenvalue weighted by molar-refractivity contribution is 0.134. The minimum Gasteiger partial charge on any atom is -0.396 e. The van der Waals surface area contributed by atoms with Crippen molar-refractivity contribution in [3.05, 3.63) is 35.9 Å². The number of unbranched alkanes of at least 4 members (excludes halogenated alkanes) is 4. The average Bonchev–Trinajstić information content (AvgIpc) is 2.88. The Morgan fingerprint density at radius 1 is 0.703 bits per heavy atom. The van der Waals surface area contributed by atoms with Crippen LogP contribution in [-0.4, -0.2) is 91.2 Å². The maximum Gasteiger partial charge on any atom is 0.154 e. The van der Waals surface area contributed by atoms with Crippen LogP contribution >= 0.6 is 14.6 Å². The maximum absolute atomic E-state index is 13.2. The Kier molecular flexibility index (Phi) is 22.0. The van der Waals surface area contributed by atoms with Gasteiger partial charge in [-0.05, 0) is 38.9 Å². The van der Waals surface area contributed by atoms with Gasteiger partial charge in [-0.3, -0.25) is 9.34 Å². The van der Waals surface area contributed by atoms with Gasteiger partial charge >= 0.3 is 0 Å². The molecule has 0 aliphatic carbocycles. The summed E-state index contributed by atoms with van der Waals surface area (Å²) < 4.78 is 35.2. The molecule has 0 amide bonds. The van der Waals surface area contributed by atoms with Gasteiger partial charge in [-0.2, -0.15) is 0 Å². The summed E-state index contributed by atoms with van der Waals surface area (Å²) in [5, 5.41) is 17.7. The third-order valence-corrected chi connectivity index (χ3v) is 13.3.